The van der Waals surface area contributed by atoms with Crippen LogP contribution in [0.4, 0.5) is 5.69 Å². The summed E-state index contributed by atoms with van der Waals surface area (Å²) in [7, 11) is -2.51. The van der Waals surface area contributed by atoms with Crippen molar-refractivity contribution in [2.45, 2.75) is 57.4 Å². The smallest absolute Gasteiger partial charge is 0.244 e. The van der Waals surface area contributed by atoms with Gasteiger partial charge in [-0.15, -0.1) is 11.6 Å². The molecule has 0 bridgehead atoms. The molecule has 1 aromatic rings. The van der Waals surface area contributed by atoms with Gasteiger partial charge in [0.15, 0.2) is 5.75 Å². The van der Waals surface area contributed by atoms with E-state index in [1.54, 1.807) is 32.9 Å². The summed E-state index contributed by atoms with van der Waals surface area (Å²) < 4.78 is 33.7. The van der Waals surface area contributed by atoms with Crippen molar-refractivity contribution in [1.29, 1.82) is 0 Å². The molecule has 0 unspecified atom stereocenters. The minimum atomic E-state index is -3.87. The molecule has 6 nitrogen and oxygen atoms in total. The lowest BCUT2D eigenvalue weighted by molar-refractivity contribution is -0.113. The first kappa shape index (κ1) is 21.7. The minimum absolute atomic E-state index is 0.0257. The average Bonchev–Trinajstić information content (AvgIpc) is 2.42. The molecule has 0 radical (unpaired) electrons. The van der Waals surface area contributed by atoms with Crippen LogP contribution in [0.15, 0.2) is 17.0 Å². The summed E-state index contributed by atoms with van der Waals surface area (Å²) in [5, 5.41) is 2.61. The van der Waals surface area contributed by atoms with Crippen LogP contribution in [0.3, 0.4) is 0 Å². The predicted molar refractivity (Wildman–Crippen MR) is 101 cm³/mol. The van der Waals surface area contributed by atoms with E-state index in [1.807, 2.05) is 20.8 Å². The highest BCUT2D eigenvalue weighted by Crippen LogP contribution is 2.38. The first-order valence-electron chi connectivity index (χ1n) is 7.83. The van der Waals surface area contributed by atoms with Crippen molar-refractivity contribution in [2.75, 3.05) is 18.3 Å². The highest BCUT2D eigenvalue weighted by Gasteiger charge is 2.29. The van der Waals surface area contributed by atoms with E-state index in [0.29, 0.717) is 0 Å². The Bertz CT molecular complexity index is 747. The van der Waals surface area contributed by atoms with Crippen LogP contribution in [0.2, 0.25) is 0 Å². The maximum Gasteiger partial charge on any atom is 0.244 e. The van der Waals surface area contributed by atoms with Gasteiger partial charge in [-0.3, -0.25) is 4.79 Å². The third-order valence-electron chi connectivity index (χ3n) is 3.25. The highest BCUT2D eigenvalue weighted by atomic mass is 35.5. The fourth-order valence-electron chi connectivity index (χ4n) is 2.18. The van der Waals surface area contributed by atoms with Crippen molar-refractivity contribution in [3.8, 4) is 5.75 Å². The molecule has 0 aliphatic heterocycles. The van der Waals surface area contributed by atoms with Crippen molar-refractivity contribution < 1.29 is 17.9 Å². The van der Waals surface area contributed by atoms with E-state index >= 15 is 0 Å². The molecule has 1 aromatic carbocycles. The summed E-state index contributed by atoms with van der Waals surface area (Å²) in [4.78, 5) is 11.7. The third kappa shape index (κ3) is 5.87. The van der Waals surface area contributed by atoms with Gasteiger partial charge in [-0.05, 0) is 43.9 Å². The zero-order chi connectivity index (χ0) is 19.6. The predicted octanol–water partition coefficient (Wildman–Crippen LogP) is 3.25. The topological polar surface area (TPSA) is 84.5 Å². The van der Waals surface area contributed by atoms with Crippen LogP contribution in [0.1, 0.15) is 47.1 Å². The molecule has 0 heterocycles. The summed E-state index contributed by atoms with van der Waals surface area (Å²) in [6.07, 6.45) is 0. The number of methoxy groups -OCH3 is 1. The summed E-state index contributed by atoms with van der Waals surface area (Å²) >= 11 is 5.56. The lowest BCUT2D eigenvalue weighted by Crippen LogP contribution is -2.40. The molecule has 0 aliphatic rings. The van der Waals surface area contributed by atoms with Crippen LogP contribution in [0, 0.1) is 0 Å². The van der Waals surface area contributed by atoms with Crippen LogP contribution < -0.4 is 14.8 Å². The van der Waals surface area contributed by atoms with E-state index in [0.717, 1.165) is 5.56 Å². The van der Waals surface area contributed by atoms with Crippen LogP contribution in [0.5, 0.6) is 5.75 Å². The van der Waals surface area contributed by atoms with Crippen molar-refractivity contribution >= 4 is 33.2 Å². The average molecular weight is 391 g/mol. The quantitative estimate of drug-likeness (QED) is 0.756. The number of sulfonamides is 1. The number of carbonyl (C=O) groups is 1. The minimum Gasteiger partial charge on any atom is -0.493 e. The fourth-order valence-corrected chi connectivity index (χ4v) is 3.88. The lowest BCUT2D eigenvalue weighted by atomic mass is 9.86. The number of hydrogen-bond acceptors (Lipinski definition) is 4. The number of ether oxygens (including phenoxy) is 1. The van der Waals surface area contributed by atoms with E-state index in [2.05, 4.69) is 10.0 Å². The van der Waals surface area contributed by atoms with Crippen molar-refractivity contribution in [3.63, 3.8) is 0 Å². The number of hydrogen-bond donors (Lipinski definition) is 2. The van der Waals surface area contributed by atoms with Gasteiger partial charge in [-0.2, -0.15) is 0 Å². The van der Waals surface area contributed by atoms with Crippen molar-refractivity contribution in [2.24, 2.45) is 0 Å². The van der Waals surface area contributed by atoms with Gasteiger partial charge in [-0.1, -0.05) is 20.8 Å². The number of anilines is 1. The first-order valence-corrected chi connectivity index (χ1v) is 9.85. The number of nitrogens with one attached hydrogen (secondary N) is 2. The maximum absolute atomic E-state index is 12.9. The number of alkyl halides is 1. The maximum atomic E-state index is 12.9. The van der Waals surface area contributed by atoms with E-state index in [-0.39, 0.29) is 27.6 Å². The van der Waals surface area contributed by atoms with Gasteiger partial charge in [0.05, 0.1) is 12.8 Å². The fraction of sp³-hybridized carbons (Fsp3) is 0.588. The van der Waals surface area contributed by atoms with Gasteiger partial charge in [0.2, 0.25) is 15.9 Å². The number of halogens is 1. The number of rotatable bonds is 5. The second-order valence-electron chi connectivity index (χ2n) is 7.84. The van der Waals surface area contributed by atoms with Crippen LogP contribution >= 0.6 is 11.6 Å². The molecule has 25 heavy (non-hydrogen) atoms. The molecule has 0 fully saturated rings. The van der Waals surface area contributed by atoms with Gasteiger partial charge >= 0.3 is 0 Å². The van der Waals surface area contributed by atoms with Crippen LogP contribution in [-0.2, 0) is 20.2 Å². The van der Waals surface area contributed by atoms with Gasteiger partial charge in [0, 0.05) is 5.54 Å². The molecule has 2 N–H and O–H groups in total. The Kier molecular flexibility index (Phi) is 6.53. The van der Waals surface area contributed by atoms with Gasteiger partial charge in [-0.25, -0.2) is 13.1 Å². The molecule has 0 aromatic heterocycles. The summed E-state index contributed by atoms with van der Waals surface area (Å²) in [6.45, 7) is 11.1. The molecular weight excluding hydrogens is 364 g/mol. The molecule has 142 valence electrons. The Labute approximate surface area is 155 Å². The Morgan fingerprint density at radius 1 is 1.16 bits per heavy atom. The van der Waals surface area contributed by atoms with Gasteiger partial charge < -0.3 is 10.1 Å². The molecule has 0 saturated carbocycles. The van der Waals surface area contributed by atoms with Gasteiger partial charge in [0.25, 0.3) is 0 Å². The zero-order valence-electron chi connectivity index (χ0n) is 15.8. The molecule has 0 spiro atoms. The monoisotopic (exact) mass is 390 g/mol. The molecule has 1 amide bonds. The summed E-state index contributed by atoms with van der Waals surface area (Å²) in [6, 6.07) is 3.28. The van der Waals surface area contributed by atoms with Crippen LogP contribution in [-0.4, -0.2) is 32.9 Å². The van der Waals surface area contributed by atoms with E-state index in [9.17, 15) is 13.2 Å². The largest absolute Gasteiger partial charge is 0.493 e. The third-order valence-corrected chi connectivity index (χ3v) is 5.26. The molecule has 0 atom stereocenters. The van der Waals surface area contributed by atoms with E-state index in [4.69, 9.17) is 16.3 Å². The second kappa shape index (κ2) is 7.51. The standard InChI is InChI=1S/C17H27ClN2O4S/c1-16(2,3)11-8-12(19-14(21)10-18)15(24-7)13(9-11)25(22,23)20-17(4,5)6/h8-9,20H,10H2,1-7H3,(H,19,21). The Morgan fingerprint density at radius 2 is 1.72 bits per heavy atom. The molecule has 8 heteroatoms. The highest BCUT2D eigenvalue weighted by molar-refractivity contribution is 7.89. The van der Waals surface area contributed by atoms with E-state index in [1.165, 1.54) is 7.11 Å². The lowest BCUT2D eigenvalue weighted by Gasteiger charge is -2.25. The second-order valence-corrected chi connectivity index (χ2v) is 9.76. The van der Waals surface area contributed by atoms with Crippen molar-refractivity contribution in [1.82, 2.24) is 4.72 Å². The number of benzene rings is 1. The van der Waals surface area contributed by atoms with Crippen LogP contribution in [0.25, 0.3) is 0 Å². The normalized spacial score (nSPS) is 12.8. The molecule has 1 rings (SSSR count). The van der Waals surface area contributed by atoms with E-state index < -0.39 is 21.5 Å². The van der Waals surface area contributed by atoms with Crippen molar-refractivity contribution in [3.05, 3.63) is 17.7 Å². The molecular formula is C17H27ClN2O4S. The molecule has 0 aliphatic carbocycles. The summed E-state index contributed by atoms with van der Waals surface area (Å²) in [5.74, 6) is -0.619. The Hall–Kier alpha value is -1.31. The Morgan fingerprint density at radius 3 is 2.12 bits per heavy atom. The Balaban J connectivity index is 3.69. The molecule has 0 saturated heterocycles. The zero-order valence-corrected chi connectivity index (χ0v) is 17.4. The first-order chi connectivity index (χ1) is 11.2. The van der Waals surface area contributed by atoms with Gasteiger partial charge in [0.1, 0.15) is 10.8 Å². The summed E-state index contributed by atoms with van der Waals surface area (Å²) in [5.41, 5.74) is 0.0159. The number of carbonyl (C=O) groups excluding carboxylic acids is 1. The number of amides is 1. The SMILES string of the molecule is COc1c(NC(=O)CCl)cc(C(C)(C)C)cc1S(=O)(=O)NC(C)(C)C.